The first-order valence-electron chi connectivity index (χ1n) is 5.99. The summed E-state index contributed by atoms with van der Waals surface area (Å²) in [7, 11) is 1.57. The Morgan fingerprint density at radius 1 is 1.50 bits per heavy atom. The van der Waals surface area contributed by atoms with Crippen molar-refractivity contribution in [3.05, 3.63) is 46.4 Å². The van der Waals surface area contributed by atoms with E-state index in [4.69, 9.17) is 0 Å². The number of halogens is 2. The first-order valence-corrected chi connectivity index (χ1v) is 6.78. The number of carbonyl (C=O) groups is 1. The van der Waals surface area contributed by atoms with Crippen molar-refractivity contribution in [1.29, 1.82) is 0 Å². The Balaban J connectivity index is 1.95. The van der Waals surface area contributed by atoms with Gasteiger partial charge in [0.15, 0.2) is 0 Å². The summed E-state index contributed by atoms with van der Waals surface area (Å²) in [6, 6.07) is 4.92. The van der Waals surface area contributed by atoms with Gasteiger partial charge in [0.05, 0.1) is 11.9 Å². The molecule has 2 N–H and O–H groups in total. The molecule has 1 heterocycles. The van der Waals surface area contributed by atoms with E-state index in [0.717, 1.165) is 5.69 Å². The number of rotatable bonds is 5. The Morgan fingerprint density at radius 2 is 2.30 bits per heavy atom. The highest BCUT2D eigenvalue weighted by molar-refractivity contribution is 9.10. The van der Waals surface area contributed by atoms with Gasteiger partial charge < -0.3 is 10.6 Å². The van der Waals surface area contributed by atoms with Gasteiger partial charge in [-0.25, -0.2) is 4.39 Å². The third-order valence-electron chi connectivity index (χ3n) is 2.72. The average molecular weight is 341 g/mol. The molecule has 2 rings (SSSR count). The Hall–Kier alpha value is -1.89. The molecule has 0 unspecified atom stereocenters. The summed E-state index contributed by atoms with van der Waals surface area (Å²) in [6.45, 7) is 0.510. The van der Waals surface area contributed by atoms with E-state index in [1.165, 1.54) is 10.7 Å². The molecule has 1 amide bonds. The van der Waals surface area contributed by atoms with Crippen LogP contribution < -0.4 is 10.6 Å². The molecule has 0 atom stereocenters. The Kier molecular flexibility index (Phi) is 4.73. The van der Waals surface area contributed by atoms with Crippen LogP contribution in [0.4, 0.5) is 10.1 Å². The van der Waals surface area contributed by atoms with Crippen LogP contribution in [-0.2, 0) is 17.9 Å². The van der Waals surface area contributed by atoms with Crippen LogP contribution in [0.25, 0.3) is 0 Å². The monoisotopic (exact) mass is 340 g/mol. The zero-order chi connectivity index (χ0) is 14.5. The van der Waals surface area contributed by atoms with Crippen LogP contribution in [0.5, 0.6) is 0 Å². The average Bonchev–Trinajstić information content (AvgIpc) is 2.85. The molecule has 0 aliphatic rings. The third kappa shape index (κ3) is 3.80. The SMILES string of the molecule is CNC(=O)Cn1cc(NCc2ccc(Br)cc2F)cn1. The van der Waals surface area contributed by atoms with Crippen LogP contribution in [-0.4, -0.2) is 22.7 Å². The summed E-state index contributed by atoms with van der Waals surface area (Å²) >= 11 is 3.21. The van der Waals surface area contributed by atoms with Gasteiger partial charge in [0.25, 0.3) is 0 Å². The Labute approximate surface area is 124 Å². The molecule has 0 fully saturated rings. The quantitative estimate of drug-likeness (QED) is 0.876. The highest BCUT2D eigenvalue weighted by Gasteiger charge is 2.05. The Morgan fingerprint density at radius 3 is 3.00 bits per heavy atom. The van der Waals surface area contributed by atoms with Crippen molar-refractivity contribution in [2.45, 2.75) is 13.1 Å². The summed E-state index contributed by atoms with van der Waals surface area (Å²) < 4.78 is 15.9. The number of nitrogens with one attached hydrogen (secondary N) is 2. The standard InChI is InChI=1S/C13H14BrFN4O/c1-16-13(20)8-19-7-11(6-18-19)17-5-9-2-3-10(14)4-12(9)15/h2-4,6-7,17H,5,8H2,1H3,(H,16,20). The molecule has 0 bridgehead atoms. The predicted molar refractivity (Wildman–Crippen MR) is 77.7 cm³/mol. The number of hydrogen-bond donors (Lipinski definition) is 2. The highest BCUT2D eigenvalue weighted by Crippen LogP contribution is 2.16. The fourth-order valence-corrected chi connectivity index (χ4v) is 1.96. The van der Waals surface area contributed by atoms with Crippen molar-refractivity contribution in [2.24, 2.45) is 0 Å². The van der Waals surface area contributed by atoms with Crippen molar-refractivity contribution >= 4 is 27.5 Å². The molecule has 0 radical (unpaired) electrons. The van der Waals surface area contributed by atoms with Gasteiger partial charge >= 0.3 is 0 Å². The second-order valence-corrected chi connectivity index (χ2v) is 5.10. The minimum atomic E-state index is -0.273. The summed E-state index contributed by atoms with van der Waals surface area (Å²) in [5.41, 5.74) is 1.29. The van der Waals surface area contributed by atoms with Gasteiger partial charge in [-0.05, 0) is 12.1 Å². The van der Waals surface area contributed by atoms with Crippen molar-refractivity contribution in [3.8, 4) is 0 Å². The fraction of sp³-hybridized carbons (Fsp3) is 0.231. The lowest BCUT2D eigenvalue weighted by Gasteiger charge is -2.05. The first-order chi connectivity index (χ1) is 9.58. The second-order valence-electron chi connectivity index (χ2n) is 4.19. The zero-order valence-corrected chi connectivity index (χ0v) is 12.4. The number of carbonyl (C=O) groups excluding carboxylic acids is 1. The lowest BCUT2D eigenvalue weighted by atomic mass is 10.2. The van der Waals surface area contributed by atoms with E-state index in [9.17, 15) is 9.18 Å². The largest absolute Gasteiger partial charge is 0.378 e. The predicted octanol–water partition coefficient (Wildman–Crippen LogP) is 2.14. The smallest absolute Gasteiger partial charge is 0.241 e. The van der Waals surface area contributed by atoms with Crippen LogP contribution in [0.2, 0.25) is 0 Å². The normalized spacial score (nSPS) is 10.3. The number of nitrogens with zero attached hydrogens (tertiary/aromatic N) is 2. The summed E-state index contributed by atoms with van der Waals surface area (Å²) in [6.07, 6.45) is 3.30. The molecular formula is C13H14BrFN4O. The number of likely N-dealkylation sites (N-methyl/N-ethyl adjacent to an activating group) is 1. The third-order valence-corrected chi connectivity index (χ3v) is 3.21. The minimum Gasteiger partial charge on any atom is -0.378 e. The minimum absolute atomic E-state index is 0.126. The molecule has 5 nitrogen and oxygen atoms in total. The molecule has 1 aromatic carbocycles. The van der Waals surface area contributed by atoms with Gasteiger partial charge in [0.2, 0.25) is 5.91 Å². The highest BCUT2D eigenvalue weighted by atomic mass is 79.9. The number of anilines is 1. The summed E-state index contributed by atoms with van der Waals surface area (Å²) in [4.78, 5) is 11.2. The van der Waals surface area contributed by atoms with Crippen molar-refractivity contribution in [3.63, 3.8) is 0 Å². The molecule has 0 spiro atoms. The maximum atomic E-state index is 13.6. The summed E-state index contributed by atoms with van der Waals surface area (Å²) in [5, 5.41) is 9.63. The van der Waals surface area contributed by atoms with E-state index in [2.05, 4.69) is 31.7 Å². The van der Waals surface area contributed by atoms with E-state index in [-0.39, 0.29) is 18.3 Å². The lowest BCUT2D eigenvalue weighted by Crippen LogP contribution is -2.23. The second kappa shape index (κ2) is 6.51. The zero-order valence-electron chi connectivity index (χ0n) is 10.9. The van der Waals surface area contributed by atoms with Crippen LogP contribution in [0.15, 0.2) is 35.1 Å². The van der Waals surface area contributed by atoms with Crippen LogP contribution in [0, 0.1) is 5.82 Å². The fourth-order valence-electron chi connectivity index (χ4n) is 1.63. The molecule has 0 aliphatic heterocycles. The number of hydrogen-bond acceptors (Lipinski definition) is 3. The van der Waals surface area contributed by atoms with Crippen LogP contribution in [0.1, 0.15) is 5.56 Å². The molecule has 1 aromatic heterocycles. The number of amides is 1. The molecule has 0 saturated carbocycles. The molecule has 2 aromatic rings. The van der Waals surface area contributed by atoms with Crippen LogP contribution >= 0.6 is 15.9 Å². The van der Waals surface area contributed by atoms with E-state index in [0.29, 0.717) is 16.6 Å². The van der Waals surface area contributed by atoms with Gasteiger partial charge in [0.1, 0.15) is 12.4 Å². The summed E-state index contributed by atoms with van der Waals surface area (Å²) in [5.74, 6) is -0.400. The molecule has 20 heavy (non-hydrogen) atoms. The number of aromatic nitrogens is 2. The van der Waals surface area contributed by atoms with E-state index >= 15 is 0 Å². The van der Waals surface area contributed by atoms with Gasteiger partial charge in [-0.2, -0.15) is 5.10 Å². The van der Waals surface area contributed by atoms with Crippen molar-refractivity contribution in [2.75, 3.05) is 12.4 Å². The molecule has 0 saturated heterocycles. The van der Waals surface area contributed by atoms with E-state index in [1.54, 1.807) is 31.6 Å². The van der Waals surface area contributed by atoms with Crippen LogP contribution in [0.3, 0.4) is 0 Å². The van der Waals surface area contributed by atoms with Gasteiger partial charge in [-0.3, -0.25) is 9.48 Å². The molecule has 106 valence electrons. The van der Waals surface area contributed by atoms with Gasteiger partial charge in [0, 0.05) is 29.8 Å². The maximum absolute atomic E-state index is 13.6. The van der Waals surface area contributed by atoms with E-state index < -0.39 is 0 Å². The van der Waals surface area contributed by atoms with Crippen molar-refractivity contribution in [1.82, 2.24) is 15.1 Å². The molecule has 7 heteroatoms. The Bertz CT molecular complexity index is 614. The topological polar surface area (TPSA) is 59.0 Å². The molecule has 0 aliphatic carbocycles. The first kappa shape index (κ1) is 14.5. The van der Waals surface area contributed by atoms with E-state index in [1.807, 2.05) is 0 Å². The maximum Gasteiger partial charge on any atom is 0.241 e. The van der Waals surface area contributed by atoms with Crippen molar-refractivity contribution < 1.29 is 9.18 Å². The lowest BCUT2D eigenvalue weighted by molar-refractivity contribution is -0.121. The van der Waals surface area contributed by atoms with Gasteiger partial charge in [-0.1, -0.05) is 22.0 Å². The molecular weight excluding hydrogens is 327 g/mol. The number of benzene rings is 1. The van der Waals surface area contributed by atoms with Gasteiger partial charge in [-0.15, -0.1) is 0 Å².